The number of aromatic nitrogens is 4. The predicted octanol–water partition coefficient (Wildman–Crippen LogP) is 2.24. The van der Waals surface area contributed by atoms with Gasteiger partial charge in [0.1, 0.15) is 22.2 Å². The van der Waals surface area contributed by atoms with E-state index in [1.165, 1.54) is 11.3 Å². The quantitative estimate of drug-likeness (QED) is 0.759. The summed E-state index contributed by atoms with van der Waals surface area (Å²) in [7, 11) is 0. The van der Waals surface area contributed by atoms with Crippen molar-refractivity contribution in [1.82, 2.24) is 19.9 Å². The fourth-order valence-electron chi connectivity index (χ4n) is 1.54. The zero-order valence-corrected chi connectivity index (χ0v) is 10.1. The summed E-state index contributed by atoms with van der Waals surface area (Å²) in [6, 6.07) is 3.75. The molecule has 6 heteroatoms. The van der Waals surface area contributed by atoms with Gasteiger partial charge in [-0.1, -0.05) is 0 Å². The molecule has 0 fully saturated rings. The van der Waals surface area contributed by atoms with Crippen molar-refractivity contribution in [3.8, 4) is 22.0 Å². The van der Waals surface area contributed by atoms with E-state index in [0.717, 1.165) is 22.0 Å². The second-order valence-corrected chi connectivity index (χ2v) is 4.42. The molecule has 0 atom stereocenters. The van der Waals surface area contributed by atoms with Crippen LogP contribution >= 0.6 is 11.3 Å². The van der Waals surface area contributed by atoms with Crippen LogP contribution in [-0.2, 0) is 0 Å². The van der Waals surface area contributed by atoms with Crippen molar-refractivity contribution < 1.29 is 0 Å². The van der Waals surface area contributed by atoms with Crippen molar-refractivity contribution in [3.63, 3.8) is 0 Å². The van der Waals surface area contributed by atoms with E-state index in [1.807, 2.05) is 17.5 Å². The molecule has 0 unspecified atom stereocenters. The Morgan fingerprint density at radius 2 is 2.00 bits per heavy atom. The van der Waals surface area contributed by atoms with E-state index in [2.05, 4.69) is 19.9 Å². The number of hydrogen-bond acceptors (Lipinski definition) is 6. The van der Waals surface area contributed by atoms with Gasteiger partial charge in [-0.3, -0.25) is 9.97 Å². The van der Waals surface area contributed by atoms with E-state index in [-0.39, 0.29) is 0 Å². The molecule has 0 aliphatic rings. The van der Waals surface area contributed by atoms with Gasteiger partial charge in [0.25, 0.3) is 0 Å². The van der Waals surface area contributed by atoms with Crippen LogP contribution in [0.15, 0.2) is 42.3 Å². The van der Waals surface area contributed by atoms with Crippen molar-refractivity contribution in [2.24, 2.45) is 0 Å². The highest BCUT2D eigenvalue weighted by Gasteiger charge is 2.10. The monoisotopic (exact) mass is 255 g/mol. The Labute approximate surface area is 107 Å². The molecule has 0 amide bonds. The molecular weight excluding hydrogens is 246 g/mol. The summed E-state index contributed by atoms with van der Waals surface area (Å²) < 4.78 is 0. The molecule has 3 heterocycles. The van der Waals surface area contributed by atoms with Gasteiger partial charge in [0.15, 0.2) is 0 Å². The summed E-state index contributed by atoms with van der Waals surface area (Å²) in [5.74, 6) is 0.484. The maximum Gasteiger partial charge on any atom is 0.133 e. The molecule has 0 aromatic carbocycles. The van der Waals surface area contributed by atoms with Crippen LogP contribution in [-0.4, -0.2) is 19.9 Å². The fourth-order valence-corrected chi connectivity index (χ4v) is 2.39. The number of rotatable bonds is 2. The van der Waals surface area contributed by atoms with Gasteiger partial charge in [-0.15, -0.1) is 11.3 Å². The Morgan fingerprint density at radius 3 is 2.78 bits per heavy atom. The number of nitrogen functional groups attached to an aromatic ring is 1. The highest BCUT2D eigenvalue weighted by atomic mass is 32.1. The van der Waals surface area contributed by atoms with Gasteiger partial charge < -0.3 is 5.73 Å². The van der Waals surface area contributed by atoms with Crippen LogP contribution < -0.4 is 5.73 Å². The maximum atomic E-state index is 5.83. The Morgan fingerprint density at radius 1 is 1.06 bits per heavy atom. The minimum atomic E-state index is 0.484. The summed E-state index contributed by atoms with van der Waals surface area (Å²) in [5.41, 5.74) is 8.22. The van der Waals surface area contributed by atoms with E-state index in [9.17, 15) is 0 Å². The molecule has 0 saturated carbocycles. The second-order valence-electron chi connectivity index (χ2n) is 3.56. The van der Waals surface area contributed by atoms with Gasteiger partial charge in [-0.25, -0.2) is 9.97 Å². The van der Waals surface area contributed by atoms with Crippen LogP contribution in [0.25, 0.3) is 22.0 Å². The van der Waals surface area contributed by atoms with Crippen molar-refractivity contribution in [3.05, 3.63) is 42.3 Å². The van der Waals surface area contributed by atoms with E-state index in [4.69, 9.17) is 5.73 Å². The van der Waals surface area contributed by atoms with Crippen molar-refractivity contribution in [1.29, 1.82) is 0 Å². The third-order valence-corrected chi connectivity index (χ3v) is 3.27. The molecular formula is C12H9N5S. The highest BCUT2D eigenvalue weighted by molar-refractivity contribution is 7.13. The molecule has 0 spiro atoms. The third-order valence-electron chi connectivity index (χ3n) is 2.40. The molecule has 3 aromatic rings. The standard InChI is InChI=1S/C12H9N5S/c13-11-8(2-1-3-16-11)12-17-10(7-18-12)9-6-14-4-5-15-9/h1-7H,(H2,13,16). The third kappa shape index (κ3) is 1.93. The number of hydrogen-bond donors (Lipinski definition) is 1. The van der Waals surface area contributed by atoms with Gasteiger partial charge in [0.05, 0.1) is 11.8 Å². The largest absolute Gasteiger partial charge is 0.383 e. The molecule has 0 aliphatic heterocycles. The molecule has 88 valence electrons. The molecule has 0 aliphatic carbocycles. The average molecular weight is 255 g/mol. The smallest absolute Gasteiger partial charge is 0.133 e. The predicted molar refractivity (Wildman–Crippen MR) is 70.8 cm³/mol. The number of pyridine rings is 1. The Balaban J connectivity index is 2.03. The normalized spacial score (nSPS) is 10.4. The van der Waals surface area contributed by atoms with Crippen molar-refractivity contribution in [2.45, 2.75) is 0 Å². The summed E-state index contributed by atoms with van der Waals surface area (Å²) in [4.78, 5) is 16.8. The van der Waals surface area contributed by atoms with Crippen LogP contribution in [0.4, 0.5) is 5.82 Å². The van der Waals surface area contributed by atoms with Gasteiger partial charge in [0.2, 0.25) is 0 Å². The zero-order chi connectivity index (χ0) is 12.4. The number of nitrogens with zero attached hydrogens (tertiary/aromatic N) is 4. The summed E-state index contributed by atoms with van der Waals surface area (Å²) in [5, 5.41) is 2.77. The van der Waals surface area contributed by atoms with Gasteiger partial charge in [-0.2, -0.15) is 0 Å². The van der Waals surface area contributed by atoms with E-state index in [0.29, 0.717) is 5.82 Å². The van der Waals surface area contributed by atoms with Crippen molar-refractivity contribution >= 4 is 17.2 Å². The Kier molecular flexibility index (Phi) is 2.70. The molecule has 2 N–H and O–H groups in total. The topological polar surface area (TPSA) is 77.6 Å². The van der Waals surface area contributed by atoms with Gasteiger partial charge >= 0.3 is 0 Å². The number of nitrogens with two attached hydrogens (primary N) is 1. The van der Waals surface area contributed by atoms with E-state index >= 15 is 0 Å². The SMILES string of the molecule is Nc1ncccc1-c1nc(-c2cnccn2)cs1. The van der Waals surface area contributed by atoms with E-state index in [1.54, 1.807) is 24.8 Å². The fraction of sp³-hybridized carbons (Fsp3) is 0. The van der Waals surface area contributed by atoms with Crippen LogP contribution in [0.3, 0.4) is 0 Å². The van der Waals surface area contributed by atoms with Gasteiger partial charge in [0, 0.05) is 24.0 Å². The average Bonchev–Trinajstić information content (AvgIpc) is 2.90. The Bertz CT molecular complexity index is 665. The summed E-state index contributed by atoms with van der Waals surface area (Å²) >= 11 is 1.51. The molecule has 0 saturated heterocycles. The lowest BCUT2D eigenvalue weighted by Crippen LogP contribution is -1.92. The summed E-state index contributed by atoms with van der Waals surface area (Å²) in [6.07, 6.45) is 6.63. The number of thiazole rings is 1. The first-order valence-corrected chi connectivity index (χ1v) is 6.15. The molecule has 0 bridgehead atoms. The molecule has 5 nitrogen and oxygen atoms in total. The van der Waals surface area contributed by atoms with Crippen LogP contribution in [0.5, 0.6) is 0 Å². The first kappa shape index (κ1) is 10.8. The molecule has 3 rings (SSSR count). The Hall–Kier alpha value is -2.34. The van der Waals surface area contributed by atoms with Crippen LogP contribution in [0.1, 0.15) is 0 Å². The summed E-state index contributed by atoms with van der Waals surface area (Å²) in [6.45, 7) is 0. The van der Waals surface area contributed by atoms with Crippen molar-refractivity contribution in [2.75, 3.05) is 5.73 Å². The van der Waals surface area contributed by atoms with Crippen LogP contribution in [0.2, 0.25) is 0 Å². The van der Waals surface area contributed by atoms with Crippen LogP contribution in [0, 0.1) is 0 Å². The zero-order valence-electron chi connectivity index (χ0n) is 9.32. The first-order chi connectivity index (χ1) is 8.84. The highest BCUT2D eigenvalue weighted by Crippen LogP contribution is 2.30. The second kappa shape index (κ2) is 4.50. The lowest BCUT2D eigenvalue weighted by Gasteiger charge is -1.99. The molecule has 3 aromatic heterocycles. The van der Waals surface area contributed by atoms with Gasteiger partial charge in [-0.05, 0) is 12.1 Å². The van der Waals surface area contributed by atoms with E-state index < -0.39 is 0 Å². The first-order valence-electron chi connectivity index (χ1n) is 5.27. The minimum absolute atomic E-state index is 0.484. The minimum Gasteiger partial charge on any atom is -0.383 e. The molecule has 18 heavy (non-hydrogen) atoms. The maximum absolute atomic E-state index is 5.83. The number of anilines is 1. The lowest BCUT2D eigenvalue weighted by atomic mass is 10.2. The lowest BCUT2D eigenvalue weighted by molar-refractivity contribution is 1.19. The molecule has 0 radical (unpaired) electrons.